The van der Waals surface area contributed by atoms with Gasteiger partial charge in [-0.15, -0.1) is 11.8 Å². The maximum Gasteiger partial charge on any atom is 0.335 e. The number of carboxylic acid groups (broad SMARTS) is 2. The number of thioether (sulfide) groups is 1. The van der Waals surface area contributed by atoms with Crippen molar-refractivity contribution in [2.45, 2.75) is 17.7 Å². The van der Waals surface area contributed by atoms with Crippen molar-refractivity contribution in [2.24, 2.45) is 0 Å². The first-order valence-electron chi connectivity index (χ1n) is 8.21. The fourth-order valence-electron chi connectivity index (χ4n) is 2.12. The van der Waals surface area contributed by atoms with Crippen LogP contribution >= 0.6 is 11.8 Å². The molecule has 28 heavy (non-hydrogen) atoms. The van der Waals surface area contributed by atoms with E-state index in [0.717, 1.165) is 4.90 Å². The predicted octanol–water partition coefficient (Wildman–Crippen LogP) is 2.92. The lowest BCUT2D eigenvalue weighted by molar-refractivity contribution is -0.138. The van der Waals surface area contributed by atoms with Crippen LogP contribution in [0.4, 0.5) is 11.4 Å². The van der Waals surface area contributed by atoms with Crippen molar-refractivity contribution in [3.8, 4) is 0 Å². The lowest BCUT2D eigenvalue weighted by atomic mass is 10.2. The number of hydrogen-bond acceptors (Lipinski definition) is 5. The fourth-order valence-corrected chi connectivity index (χ4v) is 2.82. The maximum atomic E-state index is 12.0. The van der Waals surface area contributed by atoms with E-state index in [1.807, 2.05) is 0 Å². The highest BCUT2D eigenvalue weighted by molar-refractivity contribution is 8.00. The van der Waals surface area contributed by atoms with Crippen molar-refractivity contribution >= 4 is 46.9 Å². The second-order valence-electron chi connectivity index (χ2n) is 5.69. The first-order chi connectivity index (χ1) is 13.3. The van der Waals surface area contributed by atoms with Crippen molar-refractivity contribution in [3.05, 3.63) is 54.1 Å². The van der Waals surface area contributed by atoms with E-state index in [1.165, 1.54) is 36.0 Å². The van der Waals surface area contributed by atoms with Gasteiger partial charge in [-0.2, -0.15) is 0 Å². The number of aromatic carboxylic acids is 1. The van der Waals surface area contributed by atoms with E-state index >= 15 is 0 Å². The van der Waals surface area contributed by atoms with E-state index in [1.54, 1.807) is 24.3 Å². The average molecular weight is 402 g/mol. The number of nitrogens with one attached hydrogen (secondary N) is 2. The molecule has 4 N–H and O–H groups in total. The van der Waals surface area contributed by atoms with Crippen LogP contribution < -0.4 is 10.6 Å². The van der Waals surface area contributed by atoms with Crippen molar-refractivity contribution in [3.63, 3.8) is 0 Å². The van der Waals surface area contributed by atoms with Crippen molar-refractivity contribution in [2.75, 3.05) is 16.4 Å². The Labute approximate surface area is 165 Å². The van der Waals surface area contributed by atoms with E-state index in [2.05, 4.69) is 10.6 Å². The van der Waals surface area contributed by atoms with Gasteiger partial charge in [-0.25, -0.2) is 4.79 Å². The van der Waals surface area contributed by atoms with Gasteiger partial charge in [0.2, 0.25) is 11.8 Å². The van der Waals surface area contributed by atoms with Crippen LogP contribution in [-0.2, 0) is 14.4 Å². The molecule has 9 heteroatoms. The fraction of sp³-hybridized carbons (Fsp3) is 0.158. The number of carbonyl (C=O) groups is 4. The van der Waals surface area contributed by atoms with Gasteiger partial charge < -0.3 is 20.8 Å². The summed E-state index contributed by atoms with van der Waals surface area (Å²) < 4.78 is 0. The molecule has 0 unspecified atom stereocenters. The van der Waals surface area contributed by atoms with Gasteiger partial charge in [-0.1, -0.05) is 0 Å². The van der Waals surface area contributed by atoms with E-state index < -0.39 is 11.9 Å². The van der Waals surface area contributed by atoms with Crippen LogP contribution in [0.15, 0.2) is 53.4 Å². The minimum Gasteiger partial charge on any atom is -0.481 e. The lowest BCUT2D eigenvalue weighted by Crippen LogP contribution is -2.14. The number of carboxylic acids is 2. The summed E-state index contributed by atoms with van der Waals surface area (Å²) in [6.07, 6.45) is -0.326. The van der Waals surface area contributed by atoms with E-state index in [-0.39, 0.29) is 36.0 Å². The summed E-state index contributed by atoms with van der Waals surface area (Å²) in [7, 11) is 0. The molecular formula is C19H18N2O6S. The number of aliphatic carboxylic acids is 1. The Balaban J connectivity index is 1.79. The van der Waals surface area contributed by atoms with Gasteiger partial charge in [0.05, 0.1) is 17.7 Å². The third-order valence-corrected chi connectivity index (χ3v) is 4.50. The number of rotatable bonds is 9. The first-order valence-corrected chi connectivity index (χ1v) is 9.20. The zero-order chi connectivity index (χ0) is 20.5. The van der Waals surface area contributed by atoms with Crippen LogP contribution in [0.1, 0.15) is 23.2 Å². The standard InChI is InChI=1S/C19H18N2O6S/c22-16(9-10-18(24)25)20-14-5-7-15(8-6-14)28-11-17(23)21-13-3-1-12(2-4-13)19(26)27/h1-8H,9-11H2,(H,20,22)(H,21,23)(H,24,25)(H,26,27). The predicted molar refractivity (Wildman–Crippen MR) is 105 cm³/mol. The molecule has 0 aliphatic carbocycles. The Bertz CT molecular complexity index is 865. The number of hydrogen-bond donors (Lipinski definition) is 4. The highest BCUT2D eigenvalue weighted by atomic mass is 32.2. The number of anilines is 2. The van der Waals surface area contributed by atoms with E-state index in [0.29, 0.717) is 11.4 Å². The van der Waals surface area contributed by atoms with Crippen LogP contribution in [0.25, 0.3) is 0 Å². The zero-order valence-corrected chi connectivity index (χ0v) is 15.5. The summed E-state index contributed by atoms with van der Waals surface area (Å²) in [5.74, 6) is -2.52. The molecule has 0 aliphatic heterocycles. The lowest BCUT2D eigenvalue weighted by Gasteiger charge is -2.07. The molecule has 2 rings (SSSR count). The van der Waals surface area contributed by atoms with Gasteiger partial charge in [0.15, 0.2) is 0 Å². The number of benzene rings is 2. The first kappa shape index (κ1) is 21.0. The van der Waals surface area contributed by atoms with Crippen LogP contribution in [0.5, 0.6) is 0 Å². The molecule has 8 nitrogen and oxygen atoms in total. The van der Waals surface area contributed by atoms with Crippen LogP contribution in [0.2, 0.25) is 0 Å². The van der Waals surface area contributed by atoms with E-state index in [9.17, 15) is 19.2 Å². The highest BCUT2D eigenvalue weighted by Gasteiger charge is 2.08. The summed E-state index contributed by atoms with van der Waals surface area (Å²) >= 11 is 1.30. The molecule has 0 saturated heterocycles. The SMILES string of the molecule is O=C(O)CCC(=O)Nc1ccc(SCC(=O)Nc2ccc(C(=O)O)cc2)cc1. The minimum absolute atomic E-state index is 0.0978. The highest BCUT2D eigenvalue weighted by Crippen LogP contribution is 2.21. The monoisotopic (exact) mass is 402 g/mol. The molecule has 0 saturated carbocycles. The third kappa shape index (κ3) is 7.12. The average Bonchev–Trinajstić information content (AvgIpc) is 2.66. The topological polar surface area (TPSA) is 133 Å². The summed E-state index contributed by atoms with van der Waals surface area (Å²) in [4.78, 5) is 45.6. The minimum atomic E-state index is -1.03. The van der Waals surface area contributed by atoms with Crippen molar-refractivity contribution in [1.29, 1.82) is 0 Å². The van der Waals surface area contributed by atoms with Crippen molar-refractivity contribution < 1.29 is 29.4 Å². The molecule has 0 atom stereocenters. The molecule has 2 aromatic carbocycles. The summed E-state index contributed by atoms with van der Waals surface area (Å²) in [6, 6.07) is 12.7. The zero-order valence-electron chi connectivity index (χ0n) is 14.7. The molecule has 0 aromatic heterocycles. The number of carbonyl (C=O) groups excluding carboxylic acids is 2. The van der Waals surface area contributed by atoms with Gasteiger partial charge in [-0.3, -0.25) is 14.4 Å². The van der Waals surface area contributed by atoms with Gasteiger partial charge >= 0.3 is 11.9 Å². The van der Waals surface area contributed by atoms with Gasteiger partial charge in [0, 0.05) is 22.7 Å². The summed E-state index contributed by atoms with van der Waals surface area (Å²) in [6.45, 7) is 0. The molecule has 0 heterocycles. The Morgan fingerprint density at radius 1 is 0.750 bits per heavy atom. The van der Waals surface area contributed by atoms with E-state index in [4.69, 9.17) is 10.2 Å². The maximum absolute atomic E-state index is 12.0. The molecule has 0 aliphatic rings. The molecule has 0 bridgehead atoms. The Morgan fingerprint density at radius 2 is 1.29 bits per heavy atom. The molecule has 0 fully saturated rings. The normalized spacial score (nSPS) is 10.1. The van der Waals surface area contributed by atoms with Gasteiger partial charge in [0.1, 0.15) is 0 Å². The molecular weight excluding hydrogens is 384 g/mol. The largest absolute Gasteiger partial charge is 0.481 e. The van der Waals surface area contributed by atoms with Crippen LogP contribution in [-0.4, -0.2) is 39.7 Å². The Kier molecular flexibility index (Phi) is 7.58. The second-order valence-corrected chi connectivity index (χ2v) is 6.73. The third-order valence-electron chi connectivity index (χ3n) is 3.49. The smallest absolute Gasteiger partial charge is 0.335 e. The number of amides is 2. The van der Waals surface area contributed by atoms with Gasteiger partial charge in [0.25, 0.3) is 0 Å². The van der Waals surface area contributed by atoms with Gasteiger partial charge in [-0.05, 0) is 48.5 Å². The molecule has 2 amide bonds. The molecule has 0 spiro atoms. The molecule has 2 aromatic rings. The summed E-state index contributed by atoms with van der Waals surface area (Å²) in [5.41, 5.74) is 1.19. The Morgan fingerprint density at radius 3 is 1.82 bits per heavy atom. The quantitative estimate of drug-likeness (QED) is 0.474. The Hall–Kier alpha value is -3.33. The molecule has 0 radical (unpaired) electrons. The van der Waals surface area contributed by atoms with Crippen molar-refractivity contribution in [1.82, 2.24) is 0 Å². The van der Waals surface area contributed by atoms with Crippen LogP contribution in [0.3, 0.4) is 0 Å². The second kappa shape index (κ2) is 10.1. The molecule has 146 valence electrons. The van der Waals surface area contributed by atoms with Crippen LogP contribution in [0, 0.1) is 0 Å². The summed E-state index contributed by atoms with van der Waals surface area (Å²) in [5, 5.41) is 22.7.